The molecule has 0 radical (unpaired) electrons. The Morgan fingerprint density at radius 1 is 1.00 bits per heavy atom. The Kier molecular flexibility index (Phi) is 17.6. The van der Waals surface area contributed by atoms with Crippen LogP contribution in [0.1, 0.15) is 13.8 Å². The highest BCUT2D eigenvalue weighted by Crippen LogP contribution is 1.33. The minimum absolute atomic E-state index is 0. The van der Waals surface area contributed by atoms with E-state index >= 15 is 0 Å². The summed E-state index contributed by atoms with van der Waals surface area (Å²) in [6, 6.07) is 0. The van der Waals surface area contributed by atoms with E-state index in [0.717, 1.165) is 0 Å². The van der Waals surface area contributed by atoms with Crippen LogP contribution in [0.15, 0.2) is 0 Å². The molecule has 0 spiro atoms. The number of rotatable bonds is 0. The average molecular weight is 132 g/mol. The van der Waals surface area contributed by atoms with Crippen molar-refractivity contribution < 1.29 is 9.59 Å². The summed E-state index contributed by atoms with van der Waals surface area (Å²) in [6.07, 6.45) is 0. The van der Waals surface area contributed by atoms with Gasteiger partial charge >= 0.3 is 0 Å². The van der Waals surface area contributed by atoms with E-state index in [4.69, 9.17) is 0 Å². The minimum Gasteiger partial charge on any atom is -0.370 e. The lowest BCUT2D eigenvalue weighted by atomic mass is 10.8. The summed E-state index contributed by atoms with van der Waals surface area (Å²) < 4.78 is 0. The first-order chi connectivity index (χ1) is 3.46. The third kappa shape index (κ3) is 177. The zero-order valence-corrected chi connectivity index (χ0v) is 4.97. The largest absolute Gasteiger partial charge is 0.370 e. The number of hydrogen-bond acceptors (Lipinski definition) is 2. The van der Waals surface area contributed by atoms with Gasteiger partial charge in [0.1, 0.15) is 0 Å². The molecular weight excluding hydrogens is 119 g/mol. The molecule has 0 bridgehead atoms. The summed E-state index contributed by atoms with van der Waals surface area (Å²) >= 11 is 0. The van der Waals surface area contributed by atoms with Crippen LogP contribution in [0.3, 0.4) is 0 Å². The van der Waals surface area contributed by atoms with Crippen molar-refractivity contribution in [1.82, 2.24) is 0 Å². The highest BCUT2D eigenvalue weighted by atomic mass is 16.1. The number of amides is 2. The quantitative estimate of drug-likeness (QED) is 0.366. The minimum atomic E-state index is -0.333. The normalized spacial score (nSPS) is 5.56. The highest BCUT2D eigenvalue weighted by molar-refractivity contribution is 5.75. The Morgan fingerprint density at radius 2 is 1.00 bits per heavy atom. The fourth-order valence-corrected chi connectivity index (χ4v) is 0. The van der Waals surface area contributed by atoms with Gasteiger partial charge in [-0.25, -0.2) is 0 Å². The molecule has 4 N–H and O–H groups in total. The first-order valence-electron chi connectivity index (χ1n) is 1.99. The SMILES string of the molecule is B.CC(N)=O.CC(N)=O. The van der Waals surface area contributed by atoms with Gasteiger partial charge in [0, 0.05) is 13.8 Å². The number of carbonyl (C=O) groups excluding carboxylic acids is 2. The predicted octanol–water partition coefficient (Wildman–Crippen LogP) is -2.20. The molecule has 0 aliphatic rings. The van der Waals surface area contributed by atoms with Crippen molar-refractivity contribution in [1.29, 1.82) is 0 Å². The summed E-state index contributed by atoms with van der Waals surface area (Å²) in [5, 5.41) is 0. The number of nitrogens with two attached hydrogens (primary N) is 2. The van der Waals surface area contributed by atoms with Gasteiger partial charge in [-0.15, -0.1) is 0 Å². The second-order valence-corrected chi connectivity index (χ2v) is 1.22. The average Bonchev–Trinajstić information content (AvgIpc) is 1.25. The van der Waals surface area contributed by atoms with Crippen LogP contribution in [-0.2, 0) is 9.59 Å². The van der Waals surface area contributed by atoms with Crippen LogP contribution < -0.4 is 11.5 Å². The van der Waals surface area contributed by atoms with Crippen molar-refractivity contribution in [2.75, 3.05) is 0 Å². The second-order valence-electron chi connectivity index (χ2n) is 1.22. The molecule has 0 unspecified atom stereocenters. The van der Waals surface area contributed by atoms with Gasteiger partial charge in [0.25, 0.3) is 0 Å². The molecule has 0 aliphatic heterocycles. The van der Waals surface area contributed by atoms with Crippen molar-refractivity contribution in [3.8, 4) is 0 Å². The van der Waals surface area contributed by atoms with Crippen LogP contribution in [-0.4, -0.2) is 20.2 Å². The molecule has 9 heavy (non-hydrogen) atoms. The lowest BCUT2D eigenvalue weighted by molar-refractivity contribution is -0.116. The molecule has 0 rings (SSSR count). The van der Waals surface area contributed by atoms with Crippen LogP contribution in [0.4, 0.5) is 0 Å². The molecule has 54 valence electrons. The molecule has 0 saturated carbocycles. The molecule has 0 aliphatic carbocycles. The Labute approximate surface area is 56.2 Å². The maximum Gasteiger partial charge on any atom is 0.214 e. The van der Waals surface area contributed by atoms with Crippen molar-refractivity contribution >= 4 is 20.2 Å². The van der Waals surface area contributed by atoms with E-state index in [9.17, 15) is 9.59 Å². The van der Waals surface area contributed by atoms with Crippen molar-refractivity contribution in [2.24, 2.45) is 11.5 Å². The van der Waals surface area contributed by atoms with Gasteiger partial charge in [-0.05, 0) is 0 Å². The maximum absolute atomic E-state index is 9.22. The topological polar surface area (TPSA) is 86.2 Å². The van der Waals surface area contributed by atoms with Crippen molar-refractivity contribution in [3.05, 3.63) is 0 Å². The van der Waals surface area contributed by atoms with Gasteiger partial charge in [-0.1, -0.05) is 0 Å². The van der Waals surface area contributed by atoms with Crippen LogP contribution in [0, 0.1) is 0 Å². The van der Waals surface area contributed by atoms with Gasteiger partial charge in [-0.3, -0.25) is 9.59 Å². The van der Waals surface area contributed by atoms with Crippen LogP contribution in [0.5, 0.6) is 0 Å². The standard InChI is InChI=1S/2C2H5NO.BH3/c2*1-2(3)4;/h2*1H3,(H2,3,4);1H3. The number of primary amides is 2. The van der Waals surface area contributed by atoms with Crippen LogP contribution >= 0.6 is 0 Å². The summed E-state index contributed by atoms with van der Waals surface area (Å²) in [5.41, 5.74) is 8.94. The molecule has 5 heteroatoms. The van der Waals surface area contributed by atoms with E-state index in [0.29, 0.717) is 0 Å². The fraction of sp³-hybridized carbons (Fsp3) is 0.500. The van der Waals surface area contributed by atoms with Crippen LogP contribution in [0.25, 0.3) is 0 Å². The second kappa shape index (κ2) is 10.1. The summed E-state index contributed by atoms with van der Waals surface area (Å²) in [5.74, 6) is -0.667. The maximum atomic E-state index is 9.22. The third-order valence-electron chi connectivity index (χ3n) is 0. The zero-order chi connectivity index (χ0) is 7.15. The predicted molar refractivity (Wildman–Crippen MR) is 39.7 cm³/mol. The molecule has 0 saturated heterocycles. The van der Waals surface area contributed by atoms with Gasteiger partial charge in [0.05, 0.1) is 8.41 Å². The van der Waals surface area contributed by atoms with Crippen molar-refractivity contribution in [3.63, 3.8) is 0 Å². The van der Waals surface area contributed by atoms with Crippen LogP contribution in [0.2, 0.25) is 0 Å². The lowest BCUT2D eigenvalue weighted by Gasteiger charge is -1.60. The first kappa shape index (κ1) is 15.7. The Bertz CT molecular complexity index is 74.6. The van der Waals surface area contributed by atoms with Crippen molar-refractivity contribution in [2.45, 2.75) is 13.8 Å². The number of carbonyl (C=O) groups is 2. The van der Waals surface area contributed by atoms with E-state index in [2.05, 4.69) is 11.5 Å². The molecule has 0 aromatic heterocycles. The Hall–Kier alpha value is -0.995. The smallest absolute Gasteiger partial charge is 0.214 e. The first-order valence-corrected chi connectivity index (χ1v) is 1.99. The van der Waals surface area contributed by atoms with Gasteiger partial charge in [-0.2, -0.15) is 0 Å². The molecular formula is C4H13BN2O2. The number of hydrogen-bond donors (Lipinski definition) is 2. The summed E-state index contributed by atoms with van der Waals surface area (Å²) in [7, 11) is 0. The molecule has 4 nitrogen and oxygen atoms in total. The van der Waals surface area contributed by atoms with Gasteiger partial charge in [0.15, 0.2) is 0 Å². The molecule has 0 aromatic carbocycles. The molecule has 0 aromatic rings. The molecule has 0 atom stereocenters. The summed E-state index contributed by atoms with van der Waals surface area (Å²) in [4.78, 5) is 18.4. The molecule has 0 fully saturated rings. The highest BCUT2D eigenvalue weighted by Gasteiger charge is 1.61. The van der Waals surface area contributed by atoms with Gasteiger partial charge < -0.3 is 11.5 Å². The fourth-order valence-electron chi connectivity index (χ4n) is 0. The third-order valence-corrected chi connectivity index (χ3v) is 0. The monoisotopic (exact) mass is 132 g/mol. The van der Waals surface area contributed by atoms with Gasteiger partial charge in [0.2, 0.25) is 11.8 Å². The van der Waals surface area contributed by atoms with E-state index in [1.54, 1.807) is 0 Å². The van der Waals surface area contributed by atoms with E-state index < -0.39 is 0 Å². The molecule has 0 heterocycles. The van der Waals surface area contributed by atoms with E-state index in [-0.39, 0.29) is 20.2 Å². The lowest BCUT2D eigenvalue weighted by Crippen LogP contribution is -2.01. The van der Waals surface area contributed by atoms with E-state index in [1.165, 1.54) is 13.8 Å². The Morgan fingerprint density at radius 3 is 1.00 bits per heavy atom. The Balaban J connectivity index is -0.0000000720. The summed E-state index contributed by atoms with van der Waals surface area (Å²) in [6.45, 7) is 2.61. The molecule has 2 amide bonds. The van der Waals surface area contributed by atoms with E-state index in [1.807, 2.05) is 0 Å². The zero-order valence-electron chi connectivity index (χ0n) is 4.97.